The Hall–Kier alpha value is -0.280. The van der Waals surface area contributed by atoms with Gasteiger partial charge in [0.2, 0.25) is 0 Å². The molecule has 1 aromatic carbocycles. The van der Waals surface area contributed by atoms with Crippen LogP contribution < -0.4 is 5.73 Å². The second kappa shape index (κ2) is 6.65. The van der Waals surface area contributed by atoms with Gasteiger partial charge in [-0.25, -0.2) is 0 Å². The van der Waals surface area contributed by atoms with Gasteiger partial charge in [-0.3, -0.25) is 0 Å². The lowest BCUT2D eigenvalue weighted by Crippen LogP contribution is -2.59. The molecule has 0 amide bonds. The zero-order valence-electron chi connectivity index (χ0n) is 12.3. The van der Waals surface area contributed by atoms with Crippen LogP contribution in [0, 0.1) is 0 Å². The number of likely N-dealkylation sites (N-methyl/N-ethyl adjacent to an activating group) is 1. The number of halogens is 2. The fourth-order valence-electron chi connectivity index (χ4n) is 3.44. The van der Waals surface area contributed by atoms with Crippen molar-refractivity contribution in [1.82, 2.24) is 4.90 Å². The summed E-state index contributed by atoms with van der Waals surface area (Å²) in [6.45, 7) is 0. The normalized spacial score (nSPS) is 20.1. The van der Waals surface area contributed by atoms with Crippen molar-refractivity contribution in [2.24, 2.45) is 5.73 Å². The predicted octanol–water partition coefficient (Wildman–Crippen LogP) is 4.13. The standard InChI is InChI=1S/C16H24Cl2N2/c1-20(2)16(8-4-3-5-9-16)15(19)11-12-10-13(17)6-7-14(12)18/h6-7,10,15H,3-5,8-9,11,19H2,1-2H3. The van der Waals surface area contributed by atoms with Gasteiger partial charge in [-0.05, 0) is 57.1 Å². The Balaban J connectivity index is 2.20. The van der Waals surface area contributed by atoms with Crippen molar-refractivity contribution in [2.75, 3.05) is 14.1 Å². The van der Waals surface area contributed by atoms with Crippen molar-refractivity contribution < 1.29 is 0 Å². The molecule has 2 N–H and O–H groups in total. The van der Waals surface area contributed by atoms with E-state index in [0.29, 0.717) is 0 Å². The molecule has 1 aliphatic carbocycles. The van der Waals surface area contributed by atoms with Gasteiger partial charge in [0.15, 0.2) is 0 Å². The Labute approximate surface area is 132 Å². The minimum atomic E-state index is 0.0776. The molecular weight excluding hydrogens is 291 g/mol. The van der Waals surface area contributed by atoms with Crippen LogP contribution in [0.3, 0.4) is 0 Å². The maximum atomic E-state index is 6.59. The van der Waals surface area contributed by atoms with Crippen molar-refractivity contribution in [1.29, 1.82) is 0 Å². The summed E-state index contributed by atoms with van der Waals surface area (Å²) < 4.78 is 0. The van der Waals surface area contributed by atoms with Gasteiger partial charge in [0.05, 0.1) is 0 Å². The van der Waals surface area contributed by atoms with Crippen molar-refractivity contribution in [2.45, 2.75) is 50.1 Å². The van der Waals surface area contributed by atoms with E-state index in [1.54, 1.807) is 0 Å². The minimum Gasteiger partial charge on any atom is -0.326 e. The van der Waals surface area contributed by atoms with E-state index in [9.17, 15) is 0 Å². The molecule has 1 atom stereocenters. The van der Waals surface area contributed by atoms with Crippen LogP contribution in [0.4, 0.5) is 0 Å². The molecule has 2 nitrogen and oxygen atoms in total. The van der Waals surface area contributed by atoms with Gasteiger partial charge in [-0.15, -0.1) is 0 Å². The highest BCUT2D eigenvalue weighted by atomic mass is 35.5. The number of hydrogen-bond donors (Lipinski definition) is 1. The fraction of sp³-hybridized carbons (Fsp3) is 0.625. The maximum Gasteiger partial charge on any atom is 0.0439 e. The van der Waals surface area contributed by atoms with Crippen molar-refractivity contribution in [3.63, 3.8) is 0 Å². The summed E-state index contributed by atoms with van der Waals surface area (Å²) in [5, 5.41) is 1.48. The molecule has 1 saturated carbocycles. The molecule has 112 valence electrons. The van der Waals surface area contributed by atoms with E-state index < -0.39 is 0 Å². The average molecular weight is 315 g/mol. The molecule has 20 heavy (non-hydrogen) atoms. The Morgan fingerprint density at radius 3 is 2.45 bits per heavy atom. The van der Waals surface area contributed by atoms with Crippen LogP contribution in [-0.4, -0.2) is 30.6 Å². The molecule has 0 heterocycles. The summed E-state index contributed by atoms with van der Waals surface area (Å²) in [5.41, 5.74) is 7.73. The van der Waals surface area contributed by atoms with Gasteiger partial charge in [0, 0.05) is 21.6 Å². The van der Waals surface area contributed by atoms with Crippen LogP contribution in [0.5, 0.6) is 0 Å². The molecule has 0 bridgehead atoms. The number of nitrogens with two attached hydrogens (primary N) is 1. The summed E-state index contributed by atoms with van der Waals surface area (Å²) in [4.78, 5) is 2.31. The Kier molecular flexibility index (Phi) is 5.36. The largest absolute Gasteiger partial charge is 0.326 e. The molecule has 4 heteroatoms. The number of rotatable bonds is 4. The van der Waals surface area contributed by atoms with Gasteiger partial charge in [-0.2, -0.15) is 0 Å². The van der Waals surface area contributed by atoms with Gasteiger partial charge in [0.1, 0.15) is 0 Å². The summed E-state index contributed by atoms with van der Waals surface area (Å²) in [5.74, 6) is 0. The van der Waals surface area contributed by atoms with E-state index in [0.717, 1.165) is 22.0 Å². The van der Waals surface area contributed by atoms with E-state index in [1.165, 1.54) is 32.1 Å². The SMILES string of the molecule is CN(C)C1(C(N)Cc2cc(Cl)ccc2Cl)CCCCC1. The monoisotopic (exact) mass is 314 g/mol. The molecule has 0 saturated heterocycles. The lowest BCUT2D eigenvalue weighted by atomic mass is 9.74. The first-order chi connectivity index (χ1) is 9.45. The van der Waals surface area contributed by atoms with E-state index in [-0.39, 0.29) is 11.6 Å². The Morgan fingerprint density at radius 2 is 1.85 bits per heavy atom. The molecule has 0 radical (unpaired) electrons. The number of nitrogens with zero attached hydrogens (tertiary/aromatic N) is 1. The smallest absolute Gasteiger partial charge is 0.0439 e. The van der Waals surface area contributed by atoms with E-state index in [2.05, 4.69) is 19.0 Å². The van der Waals surface area contributed by atoms with E-state index >= 15 is 0 Å². The number of benzene rings is 1. The molecule has 0 aromatic heterocycles. The van der Waals surface area contributed by atoms with Crippen molar-refractivity contribution >= 4 is 23.2 Å². The molecule has 1 fully saturated rings. The van der Waals surface area contributed by atoms with Crippen molar-refractivity contribution in [3.8, 4) is 0 Å². The van der Waals surface area contributed by atoms with Crippen LogP contribution in [-0.2, 0) is 6.42 Å². The molecule has 0 spiro atoms. The first kappa shape index (κ1) is 16.1. The molecule has 2 rings (SSSR count). The van der Waals surface area contributed by atoms with Crippen LogP contribution in [0.2, 0.25) is 10.0 Å². The van der Waals surface area contributed by atoms with Crippen LogP contribution >= 0.6 is 23.2 Å². The topological polar surface area (TPSA) is 29.3 Å². The molecule has 0 aliphatic heterocycles. The summed E-state index contributed by atoms with van der Waals surface area (Å²) in [6.07, 6.45) is 6.95. The minimum absolute atomic E-state index is 0.0776. The third-order valence-corrected chi connectivity index (χ3v) is 5.35. The van der Waals surface area contributed by atoms with Gasteiger partial charge < -0.3 is 10.6 Å². The highest BCUT2D eigenvalue weighted by molar-refractivity contribution is 6.33. The molecule has 1 aliphatic rings. The first-order valence-electron chi connectivity index (χ1n) is 7.32. The second-order valence-electron chi connectivity index (χ2n) is 6.11. The lowest BCUT2D eigenvalue weighted by Gasteiger charge is -2.47. The fourth-order valence-corrected chi connectivity index (χ4v) is 3.83. The molecule has 1 aromatic rings. The van der Waals surface area contributed by atoms with Crippen molar-refractivity contribution in [3.05, 3.63) is 33.8 Å². The van der Waals surface area contributed by atoms with Gasteiger partial charge in [0.25, 0.3) is 0 Å². The third kappa shape index (κ3) is 3.30. The first-order valence-corrected chi connectivity index (χ1v) is 8.08. The molecule has 1 unspecified atom stereocenters. The van der Waals surface area contributed by atoms with E-state index in [1.807, 2.05) is 18.2 Å². The Bertz CT molecular complexity index is 454. The summed E-state index contributed by atoms with van der Waals surface area (Å²) in [7, 11) is 4.29. The van der Waals surface area contributed by atoms with E-state index in [4.69, 9.17) is 28.9 Å². The quantitative estimate of drug-likeness (QED) is 0.905. The zero-order valence-corrected chi connectivity index (χ0v) is 13.8. The van der Waals surface area contributed by atoms with Crippen LogP contribution in [0.15, 0.2) is 18.2 Å². The zero-order chi connectivity index (χ0) is 14.8. The lowest BCUT2D eigenvalue weighted by molar-refractivity contribution is 0.0716. The highest BCUT2D eigenvalue weighted by Crippen LogP contribution is 2.36. The maximum absolute atomic E-state index is 6.59. The average Bonchev–Trinajstić information content (AvgIpc) is 2.43. The molecular formula is C16H24Cl2N2. The summed E-state index contributed by atoms with van der Waals surface area (Å²) >= 11 is 12.3. The van der Waals surface area contributed by atoms with Crippen LogP contribution in [0.25, 0.3) is 0 Å². The second-order valence-corrected chi connectivity index (χ2v) is 6.95. The summed E-state index contributed by atoms with van der Waals surface area (Å²) in [6, 6.07) is 5.69. The van der Waals surface area contributed by atoms with Gasteiger partial charge in [-0.1, -0.05) is 42.5 Å². The highest BCUT2D eigenvalue weighted by Gasteiger charge is 2.39. The van der Waals surface area contributed by atoms with Gasteiger partial charge >= 0.3 is 0 Å². The number of hydrogen-bond acceptors (Lipinski definition) is 2. The predicted molar refractivity (Wildman–Crippen MR) is 87.6 cm³/mol. The van der Waals surface area contributed by atoms with Crippen LogP contribution in [0.1, 0.15) is 37.7 Å². The third-order valence-electron chi connectivity index (χ3n) is 4.75. The Morgan fingerprint density at radius 1 is 1.20 bits per heavy atom.